The van der Waals surface area contributed by atoms with Gasteiger partial charge in [-0.2, -0.15) is 0 Å². The Hall–Kier alpha value is -3.89. The van der Waals surface area contributed by atoms with Crippen LogP contribution in [0.4, 0.5) is 24.5 Å². The molecule has 1 amide bonds. The summed E-state index contributed by atoms with van der Waals surface area (Å²) in [4.78, 5) is 26.9. The Bertz CT molecular complexity index is 1000. The predicted molar refractivity (Wildman–Crippen MR) is 91.3 cm³/mol. The van der Waals surface area contributed by atoms with Gasteiger partial charge in [-0.3, -0.25) is 14.9 Å². The smallest absolute Gasteiger partial charge is 0.406 e. The minimum atomic E-state index is -4.82. The van der Waals surface area contributed by atoms with E-state index in [0.717, 1.165) is 18.2 Å². The first kappa shape index (κ1) is 18.9. The van der Waals surface area contributed by atoms with E-state index < -0.39 is 22.9 Å². The molecule has 8 nitrogen and oxygen atoms in total. The Morgan fingerprint density at radius 3 is 2.46 bits per heavy atom. The molecule has 144 valence electrons. The third-order valence-corrected chi connectivity index (χ3v) is 3.56. The molecule has 0 fully saturated rings. The normalized spacial score (nSPS) is 11.1. The molecule has 0 aliphatic carbocycles. The van der Waals surface area contributed by atoms with Crippen molar-refractivity contribution in [3.8, 4) is 11.4 Å². The van der Waals surface area contributed by atoms with Gasteiger partial charge in [0.2, 0.25) is 0 Å². The molecule has 1 N–H and O–H groups in total. The van der Waals surface area contributed by atoms with E-state index in [9.17, 15) is 28.1 Å². The number of anilines is 1. The van der Waals surface area contributed by atoms with E-state index >= 15 is 0 Å². The second kappa shape index (κ2) is 7.39. The van der Waals surface area contributed by atoms with Crippen molar-refractivity contribution >= 4 is 17.3 Å². The SMILES string of the molecule is O=C(Nc1ccc(OC(F)(F)F)cc1)c1ccc(-n2ccnc2)c([N+](=O)[O-])c1. The number of aromatic nitrogens is 2. The van der Waals surface area contributed by atoms with Gasteiger partial charge < -0.3 is 14.6 Å². The van der Waals surface area contributed by atoms with Crippen molar-refractivity contribution in [3.05, 3.63) is 76.9 Å². The number of halogens is 3. The molecule has 0 saturated heterocycles. The van der Waals surface area contributed by atoms with Crippen LogP contribution in [0, 0.1) is 10.1 Å². The monoisotopic (exact) mass is 392 g/mol. The number of nitrogens with zero attached hydrogens (tertiary/aromatic N) is 3. The second-order valence-corrected chi connectivity index (χ2v) is 5.46. The lowest BCUT2D eigenvalue weighted by Crippen LogP contribution is -2.17. The summed E-state index contributed by atoms with van der Waals surface area (Å²) in [6.45, 7) is 0. The molecule has 2 aromatic carbocycles. The first-order chi connectivity index (χ1) is 13.2. The topological polar surface area (TPSA) is 99.3 Å². The summed E-state index contributed by atoms with van der Waals surface area (Å²) in [5, 5.41) is 13.8. The summed E-state index contributed by atoms with van der Waals surface area (Å²) in [6.07, 6.45) is -0.462. The zero-order valence-corrected chi connectivity index (χ0v) is 13.9. The molecule has 11 heteroatoms. The summed E-state index contributed by atoms with van der Waals surface area (Å²) >= 11 is 0. The molecule has 0 unspecified atom stereocenters. The lowest BCUT2D eigenvalue weighted by molar-refractivity contribution is -0.384. The number of ether oxygens (including phenoxy) is 1. The summed E-state index contributed by atoms with van der Waals surface area (Å²) in [5.41, 5.74) is 0.124. The summed E-state index contributed by atoms with van der Waals surface area (Å²) < 4.78 is 41.6. The van der Waals surface area contributed by atoms with Gasteiger partial charge in [-0.15, -0.1) is 13.2 Å². The highest BCUT2D eigenvalue weighted by molar-refractivity contribution is 6.04. The van der Waals surface area contributed by atoms with Gasteiger partial charge in [-0.1, -0.05) is 0 Å². The average molecular weight is 392 g/mol. The standard InChI is InChI=1S/C17H11F3N4O4/c18-17(19,20)28-13-4-2-12(3-5-13)22-16(25)11-1-6-14(15(9-11)24(26)27)23-8-7-21-10-23/h1-10H,(H,22,25). The van der Waals surface area contributed by atoms with Gasteiger partial charge in [0.25, 0.3) is 11.6 Å². The van der Waals surface area contributed by atoms with Crippen LogP contribution in [-0.4, -0.2) is 26.7 Å². The summed E-state index contributed by atoms with van der Waals surface area (Å²) in [5.74, 6) is -1.10. The van der Waals surface area contributed by atoms with Gasteiger partial charge in [0.05, 0.1) is 11.3 Å². The molecule has 0 aliphatic rings. The van der Waals surface area contributed by atoms with E-state index in [1.54, 1.807) is 0 Å². The third-order valence-electron chi connectivity index (χ3n) is 3.56. The van der Waals surface area contributed by atoms with Gasteiger partial charge >= 0.3 is 6.36 Å². The van der Waals surface area contributed by atoms with Crippen LogP contribution in [0.2, 0.25) is 0 Å². The number of nitrogens with one attached hydrogen (secondary N) is 1. The van der Waals surface area contributed by atoms with Crippen LogP contribution in [-0.2, 0) is 0 Å². The van der Waals surface area contributed by atoms with Crippen molar-refractivity contribution < 1.29 is 27.6 Å². The van der Waals surface area contributed by atoms with E-state index in [-0.39, 0.29) is 22.6 Å². The first-order valence-electron chi connectivity index (χ1n) is 7.67. The van der Waals surface area contributed by atoms with Crippen molar-refractivity contribution in [2.24, 2.45) is 0 Å². The molecule has 1 aromatic heterocycles. The fourth-order valence-electron chi connectivity index (χ4n) is 2.37. The van der Waals surface area contributed by atoms with Crippen LogP contribution in [0.25, 0.3) is 5.69 Å². The van der Waals surface area contributed by atoms with E-state index in [4.69, 9.17) is 0 Å². The van der Waals surface area contributed by atoms with Crippen LogP contribution in [0.3, 0.4) is 0 Å². The fraction of sp³-hybridized carbons (Fsp3) is 0.0588. The first-order valence-corrected chi connectivity index (χ1v) is 7.67. The van der Waals surface area contributed by atoms with Gasteiger partial charge in [0.1, 0.15) is 11.4 Å². The predicted octanol–water partition coefficient (Wildman–Crippen LogP) is 3.93. The molecule has 0 radical (unpaired) electrons. The third kappa shape index (κ3) is 4.44. The molecule has 1 heterocycles. The van der Waals surface area contributed by atoms with Gasteiger partial charge in [-0.05, 0) is 36.4 Å². The van der Waals surface area contributed by atoms with Crippen LogP contribution in [0.1, 0.15) is 10.4 Å². The van der Waals surface area contributed by atoms with E-state index in [1.807, 2.05) is 0 Å². The number of imidazole rings is 1. The zero-order valence-electron chi connectivity index (χ0n) is 13.9. The number of amides is 1. The maximum atomic E-state index is 12.3. The molecule has 28 heavy (non-hydrogen) atoms. The molecule has 0 bridgehead atoms. The molecular weight excluding hydrogens is 381 g/mol. The zero-order chi connectivity index (χ0) is 20.3. The molecule has 0 aliphatic heterocycles. The van der Waals surface area contributed by atoms with Crippen LogP contribution in [0.5, 0.6) is 5.75 Å². The molecule has 0 atom stereocenters. The maximum Gasteiger partial charge on any atom is 0.573 e. The summed E-state index contributed by atoms with van der Waals surface area (Å²) in [6, 6.07) is 8.39. The molecule has 3 rings (SSSR count). The quantitative estimate of drug-likeness (QED) is 0.524. The minimum Gasteiger partial charge on any atom is -0.406 e. The van der Waals surface area contributed by atoms with Crippen molar-refractivity contribution in [3.63, 3.8) is 0 Å². The second-order valence-electron chi connectivity index (χ2n) is 5.46. The van der Waals surface area contributed by atoms with Crippen molar-refractivity contribution in [1.29, 1.82) is 0 Å². The van der Waals surface area contributed by atoms with Gasteiger partial charge in [0, 0.05) is 29.7 Å². The lowest BCUT2D eigenvalue weighted by atomic mass is 10.1. The van der Waals surface area contributed by atoms with Crippen molar-refractivity contribution in [1.82, 2.24) is 9.55 Å². The minimum absolute atomic E-state index is 0.00573. The Kier molecular flexibility index (Phi) is 4.98. The number of carbonyl (C=O) groups excluding carboxylic acids is 1. The van der Waals surface area contributed by atoms with Crippen LogP contribution < -0.4 is 10.1 Å². The number of nitro groups is 1. The largest absolute Gasteiger partial charge is 0.573 e. The number of nitro benzene ring substituents is 1. The Morgan fingerprint density at radius 1 is 1.18 bits per heavy atom. The number of hydrogen-bond acceptors (Lipinski definition) is 5. The Labute approximate surface area is 155 Å². The number of alkyl halides is 3. The van der Waals surface area contributed by atoms with E-state index in [0.29, 0.717) is 0 Å². The van der Waals surface area contributed by atoms with E-state index in [2.05, 4.69) is 15.0 Å². The van der Waals surface area contributed by atoms with Crippen LogP contribution in [0.15, 0.2) is 61.2 Å². The molecular formula is C17H11F3N4O4. The Morgan fingerprint density at radius 2 is 1.89 bits per heavy atom. The molecule has 0 spiro atoms. The van der Waals surface area contributed by atoms with Crippen molar-refractivity contribution in [2.75, 3.05) is 5.32 Å². The number of rotatable bonds is 5. The highest BCUT2D eigenvalue weighted by Gasteiger charge is 2.31. The van der Waals surface area contributed by atoms with Crippen molar-refractivity contribution in [2.45, 2.75) is 6.36 Å². The van der Waals surface area contributed by atoms with Gasteiger partial charge in [0.15, 0.2) is 0 Å². The highest BCUT2D eigenvalue weighted by atomic mass is 19.4. The van der Waals surface area contributed by atoms with Crippen LogP contribution >= 0.6 is 0 Å². The summed E-state index contributed by atoms with van der Waals surface area (Å²) in [7, 11) is 0. The number of carbonyl (C=O) groups is 1. The maximum absolute atomic E-state index is 12.3. The number of hydrogen-bond donors (Lipinski definition) is 1. The molecule has 0 saturated carbocycles. The lowest BCUT2D eigenvalue weighted by Gasteiger charge is -2.10. The van der Waals surface area contributed by atoms with E-state index in [1.165, 1.54) is 47.6 Å². The van der Waals surface area contributed by atoms with Gasteiger partial charge in [-0.25, -0.2) is 4.98 Å². The average Bonchev–Trinajstić information content (AvgIpc) is 3.16. The Balaban J connectivity index is 1.79. The fourth-order valence-corrected chi connectivity index (χ4v) is 2.37. The highest BCUT2D eigenvalue weighted by Crippen LogP contribution is 2.26. The number of benzene rings is 2. The molecule has 3 aromatic rings.